The lowest BCUT2D eigenvalue weighted by molar-refractivity contribution is -0.117. The van der Waals surface area contributed by atoms with Crippen molar-refractivity contribution in [3.8, 4) is 0 Å². The van der Waals surface area contributed by atoms with Crippen LogP contribution in [0.3, 0.4) is 0 Å². The van der Waals surface area contributed by atoms with E-state index in [1.807, 2.05) is 0 Å². The van der Waals surface area contributed by atoms with Gasteiger partial charge < -0.3 is 10.0 Å². The highest BCUT2D eigenvalue weighted by Crippen LogP contribution is 2.19. The van der Waals surface area contributed by atoms with Crippen LogP contribution in [-0.4, -0.2) is 44.8 Å². The van der Waals surface area contributed by atoms with Crippen LogP contribution in [0.15, 0.2) is 12.4 Å². The van der Waals surface area contributed by atoms with Gasteiger partial charge >= 0.3 is 7.12 Å². The highest BCUT2D eigenvalue weighted by atomic mass is 32.1. The molecule has 84 valence electrons. The Morgan fingerprint density at radius 3 is 2.50 bits per heavy atom. The first-order valence-corrected chi connectivity index (χ1v) is 5.26. The number of nitrogens with zero attached hydrogens (tertiary/aromatic N) is 3. The molecular formula is C8H10BN3O3S. The first kappa shape index (κ1) is 11.4. The zero-order valence-corrected chi connectivity index (χ0v) is 9.21. The van der Waals surface area contributed by atoms with Gasteiger partial charge in [0.05, 0.1) is 0 Å². The molecule has 1 aliphatic heterocycles. The highest BCUT2D eigenvalue weighted by molar-refractivity contribution is 7.81. The van der Waals surface area contributed by atoms with E-state index in [4.69, 9.17) is 10.0 Å². The number of carbonyl (C=O) groups excluding carboxylic acids is 1. The summed E-state index contributed by atoms with van der Waals surface area (Å²) in [5.41, 5.74) is 0.192. The molecule has 1 saturated heterocycles. The van der Waals surface area contributed by atoms with E-state index in [-0.39, 0.29) is 22.6 Å². The van der Waals surface area contributed by atoms with Gasteiger partial charge in [-0.25, -0.2) is 9.97 Å². The normalized spacial score (nSPS) is 20.3. The summed E-state index contributed by atoms with van der Waals surface area (Å²) < 4.78 is 0. The van der Waals surface area contributed by atoms with Crippen molar-refractivity contribution in [3.05, 3.63) is 12.4 Å². The third-order valence-corrected chi connectivity index (χ3v) is 2.65. The predicted octanol–water partition coefficient (Wildman–Crippen LogP) is -1.81. The summed E-state index contributed by atoms with van der Waals surface area (Å²) >= 11 is 4.22. The molecule has 1 aliphatic rings. The van der Waals surface area contributed by atoms with Gasteiger partial charge in [0, 0.05) is 36.1 Å². The maximum atomic E-state index is 11.5. The van der Waals surface area contributed by atoms with Crippen molar-refractivity contribution in [2.75, 3.05) is 11.4 Å². The molecule has 2 rings (SSSR count). The second-order valence-corrected chi connectivity index (χ2v) is 4.28. The fraction of sp³-hybridized carbons (Fsp3) is 0.375. The van der Waals surface area contributed by atoms with Crippen LogP contribution in [0.25, 0.3) is 0 Å². The maximum Gasteiger partial charge on any atom is 0.491 e. The second-order valence-electron chi connectivity index (χ2n) is 3.55. The zero-order chi connectivity index (χ0) is 11.7. The van der Waals surface area contributed by atoms with E-state index in [0.29, 0.717) is 13.0 Å². The van der Waals surface area contributed by atoms with E-state index in [2.05, 4.69) is 22.6 Å². The van der Waals surface area contributed by atoms with Crippen LogP contribution >= 0.6 is 12.6 Å². The average Bonchev–Trinajstić information content (AvgIpc) is 2.58. The number of hydrogen-bond donors (Lipinski definition) is 3. The summed E-state index contributed by atoms with van der Waals surface area (Å²) in [5.74, 6) is 0.197. The maximum absolute atomic E-state index is 11.5. The Balaban J connectivity index is 2.19. The molecule has 1 aromatic rings. The van der Waals surface area contributed by atoms with E-state index < -0.39 is 7.12 Å². The van der Waals surface area contributed by atoms with Crippen molar-refractivity contribution in [1.82, 2.24) is 9.97 Å². The molecule has 1 aromatic heterocycles. The lowest BCUT2D eigenvalue weighted by Crippen LogP contribution is -2.33. The number of carbonyl (C=O) groups is 1. The van der Waals surface area contributed by atoms with Gasteiger partial charge in [0.25, 0.3) is 0 Å². The lowest BCUT2D eigenvalue weighted by atomic mass is 9.83. The van der Waals surface area contributed by atoms with E-state index in [0.717, 1.165) is 0 Å². The van der Waals surface area contributed by atoms with E-state index in [9.17, 15) is 4.79 Å². The number of hydrogen-bond acceptors (Lipinski definition) is 6. The highest BCUT2D eigenvalue weighted by Gasteiger charge is 2.30. The van der Waals surface area contributed by atoms with Crippen molar-refractivity contribution in [2.24, 2.45) is 0 Å². The van der Waals surface area contributed by atoms with E-state index >= 15 is 0 Å². The van der Waals surface area contributed by atoms with Crippen molar-refractivity contribution in [2.45, 2.75) is 11.7 Å². The number of rotatable bonds is 2. The summed E-state index contributed by atoms with van der Waals surface area (Å²) in [7, 11) is -1.60. The minimum Gasteiger partial charge on any atom is -0.423 e. The van der Waals surface area contributed by atoms with Crippen molar-refractivity contribution in [1.29, 1.82) is 0 Å². The Morgan fingerprint density at radius 2 is 2.06 bits per heavy atom. The molecule has 1 fully saturated rings. The minimum absolute atomic E-state index is 0.000733. The molecule has 0 radical (unpaired) electrons. The van der Waals surface area contributed by atoms with Gasteiger partial charge in [0.2, 0.25) is 11.9 Å². The first-order valence-electron chi connectivity index (χ1n) is 4.74. The molecule has 1 atom stereocenters. The smallest absolute Gasteiger partial charge is 0.423 e. The van der Waals surface area contributed by atoms with Crippen LogP contribution in [0.2, 0.25) is 0 Å². The average molecular weight is 239 g/mol. The summed E-state index contributed by atoms with van der Waals surface area (Å²) in [6, 6.07) is 0. The van der Waals surface area contributed by atoms with Gasteiger partial charge in [-0.15, -0.1) is 0 Å². The van der Waals surface area contributed by atoms with Crippen LogP contribution in [0, 0.1) is 0 Å². The largest absolute Gasteiger partial charge is 0.491 e. The van der Waals surface area contributed by atoms with Crippen molar-refractivity contribution in [3.63, 3.8) is 0 Å². The Morgan fingerprint density at radius 1 is 1.44 bits per heavy atom. The number of amides is 1. The van der Waals surface area contributed by atoms with Gasteiger partial charge in [0.15, 0.2) is 0 Å². The van der Waals surface area contributed by atoms with Crippen LogP contribution < -0.4 is 10.4 Å². The molecule has 2 heterocycles. The quantitative estimate of drug-likeness (QED) is 0.418. The monoisotopic (exact) mass is 239 g/mol. The summed E-state index contributed by atoms with van der Waals surface area (Å²) in [4.78, 5) is 20.8. The fourth-order valence-corrected chi connectivity index (χ4v) is 1.81. The molecule has 0 bridgehead atoms. The predicted molar refractivity (Wildman–Crippen MR) is 61.6 cm³/mol. The topological polar surface area (TPSA) is 86.6 Å². The van der Waals surface area contributed by atoms with Crippen LogP contribution in [0.5, 0.6) is 0 Å². The number of aromatic nitrogens is 2. The summed E-state index contributed by atoms with van der Waals surface area (Å²) in [5, 5.41) is 17.7. The lowest BCUT2D eigenvalue weighted by Gasteiger charge is -2.13. The Hall–Kier alpha value is -1.12. The molecule has 6 nitrogen and oxygen atoms in total. The third kappa shape index (κ3) is 2.18. The standard InChI is InChI=1S/C8H10BN3O3S/c13-7-1-6(16)4-12(7)8-10-2-5(3-11-8)9(14)15/h2-3,6,14-16H,1,4H2. The Kier molecular flexibility index (Phi) is 3.13. The van der Waals surface area contributed by atoms with Gasteiger partial charge in [-0.2, -0.15) is 12.6 Å². The van der Waals surface area contributed by atoms with Crippen molar-refractivity contribution < 1.29 is 14.8 Å². The molecule has 0 saturated carbocycles. The van der Waals surface area contributed by atoms with Gasteiger partial charge in [-0.1, -0.05) is 0 Å². The molecule has 1 unspecified atom stereocenters. The van der Waals surface area contributed by atoms with Crippen LogP contribution in [0.4, 0.5) is 5.95 Å². The zero-order valence-electron chi connectivity index (χ0n) is 8.32. The first-order chi connectivity index (χ1) is 7.58. The molecule has 2 N–H and O–H groups in total. The third-order valence-electron chi connectivity index (χ3n) is 2.30. The number of thiol groups is 1. The molecular weight excluding hydrogens is 229 g/mol. The molecule has 8 heteroatoms. The van der Waals surface area contributed by atoms with E-state index in [1.54, 1.807) is 0 Å². The molecule has 0 spiro atoms. The fourth-order valence-electron chi connectivity index (χ4n) is 1.49. The van der Waals surface area contributed by atoms with Crippen LogP contribution in [-0.2, 0) is 4.79 Å². The molecule has 0 aromatic carbocycles. The van der Waals surface area contributed by atoms with E-state index in [1.165, 1.54) is 17.3 Å². The van der Waals surface area contributed by atoms with Gasteiger partial charge in [-0.05, 0) is 0 Å². The SMILES string of the molecule is O=C1CC(S)CN1c1ncc(B(O)O)cn1. The van der Waals surface area contributed by atoms with Crippen molar-refractivity contribution >= 4 is 37.1 Å². The Bertz CT molecular complexity index is 400. The summed E-state index contributed by atoms with van der Waals surface area (Å²) in [6.45, 7) is 0.475. The molecule has 0 aliphatic carbocycles. The molecule has 16 heavy (non-hydrogen) atoms. The number of anilines is 1. The van der Waals surface area contributed by atoms with Crippen LogP contribution in [0.1, 0.15) is 6.42 Å². The van der Waals surface area contributed by atoms with Gasteiger partial charge in [0.1, 0.15) is 0 Å². The Labute approximate surface area is 97.9 Å². The molecule has 1 amide bonds. The minimum atomic E-state index is -1.60. The summed E-state index contributed by atoms with van der Waals surface area (Å²) in [6.07, 6.45) is 2.94. The second kappa shape index (κ2) is 4.40. The van der Waals surface area contributed by atoms with Gasteiger partial charge in [-0.3, -0.25) is 9.69 Å².